The molecule has 0 saturated carbocycles. The Morgan fingerprint density at radius 1 is 1.00 bits per heavy atom. The van der Waals surface area contributed by atoms with Gasteiger partial charge in [0.2, 0.25) is 5.91 Å². The van der Waals surface area contributed by atoms with Crippen molar-refractivity contribution in [2.24, 2.45) is 0 Å². The lowest BCUT2D eigenvalue weighted by Gasteiger charge is -2.26. The minimum atomic E-state index is -0.00127. The number of para-hydroxylation sites is 1. The maximum Gasteiger partial charge on any atom is 0.224 e. The maximum absolute atomic E-state index is 12.3. The predicted molar refractivity (Wildman–Crippen MR) is 116 cm³/mol. The normalized spacial score (nSPS) is 12.6. The molecule has 0 aliphatic carbocycles. The second-order valence-electron chi connectivity index (χ2n) is 6.76. The summed E-state index contributed by atoms with van der Waals surface area (Å²) in [5.41, 5.74) is 6.06. The monoisotopic (exact) mass is 389 g/mol. The topological polar surface area (TPSA) is 29.5 Å². The number of hydrogen-bond acceptors (Lipinski definition) is 2. The predicted octanol–water partition coefficient (Wildman–Crippen LogP) is 6.05. The zero-order valence-corrected chi connectivity index (χ0v) is 16.5. The first-order valence-corrected chi connectivity index (χ1v) is 9.46. The Labute approximate surface area is 169 Å². The molecule has 0 saturated heterocycles. The highest BCUT2D eigenvalue weighted by Gasteiger charge is 2.19. The van der Waals surface area contributed by atoms with E-state index in [1.807, 2.05) is 48.5 Å². The number of benzene rings is 3. The van der Waals surface area contributed by atoms with Crippen LogP contribution in [0, 0.1) is 0 Å². The Morgan fingerprint density at radius 3 is 2.57 bits per heavy atom. The third-order valence-corrected chi connectivity index (χ3v) is 5.23. The first-order valence-electron chi connectivity index (χ1n) is 9.09. The molecule has 1 aliphatic heterocycles. The lowest BCUT2D eigenvalue weighted by molar-refractivity contribution is -0.116. The van der Waals surface area contributed by atoms with Crippen LogP contribution in [0.4, 0.5) is 5.69 Å². The number of rotatable bonds is 2. The summed E-state index contributed by atoms with van der Waals surface area (Å²) in [6, 6.07) is 19.9. The van der Waals surface area contributed by atoms with Crippen molar-refractivity contribution in [2.75, 3.05) is 12.0 Å². The van der Waals surface area contributed by atoms with E-state index in [0.717, 1.165) is 39.3 Å². The first-order chi connectivity index (χ1) is 13.6. The Hall–Kier alpha value is -3.04. The molecule has 0 radical (unpaired) electrons. The van der Waals surface area contributed by atoms with Gasteiger partial charge in [-0.15, -0.1) is 0 Å². The van der Waals surface area contributed by atoms with E-state index in [1.54, 1.807) is 18.9 Å². The number of carbonyl (C=O) groups excluding carboxylic acids is 1. The van der Waals surface area contributed by atoms with Crippen LogP contribution in [0.2, 0.25) is 5.02 Å². The number of hydrogen-bond donors (Lipinski definition) is 0. The van der Waals surface area contributed by atoms with Crippen LogP contribution >= 0.6 is 11.6 Å². The molecule has 1 amide bonds. The van der Waals surface area contributed by atoms with Crippen molar-refractivity contribution in [3.8, 4) is 16.9 Å². The van der Waals surface area contributed by atoms with Gasteiger partial charge in [0.25, 0.3) is 0 Å². The number of nitrogens with zero attached hydrogens (tertiary/aromatic N) is 1. The summed E-state index contributed by atoms with van der Waals surface area (Å²) in [5.74, 6) is 0.832. The van der Waals surface area contributed by atoms with Gasteiger partial charge in [-0.1, -0.05) is 54.1 Å². The number of halogens is 1. The van der Waals surface area contributed by atoms with Gasteiger partial charge >= 0.3 is 0 Å². The number of ether oxygens (including phenoxy) is 1. The van der Waals surface area contributed by atoms with Crippen LogP contribution in [0.25, 0.3) is 23.3 Å². The fraction of sp³-hybridized carbons (Fsp3) is 0.125. The van der Waals surface area contributed by atoms with Crippen LogP contribution in [0.15, 0.2) is 60.7 Å². The van der Waals surface area contributed by atoms with Crippen LogP contribution in [0.5, 0.6) is 5.75 Å². The average Bonchev–Trinajstić information content (AvgIpc) is 2.69. The van der Waals surface area contributed by atoms with Gasteiger partial charge in [-0.2, -0.15) is 0 Å². The van der Waals surface area contributed by atoms with E-state index in [1.165, 1.54) is 0 Å². The van der Waals surface area contributed by atoms with Crippen LogP contribution in [0.3, 0.4) is 0 Å². The molecule has 0 N–H and O–H groups in total. The summed E-state index contributed by atoms with van der Waals surface area (Å²) in [4.78, 5) is 14.1. The molecular weight excluding hydrogens is 370 g/mol. The Balaban J connectivity index is 1.85. The van der Waals surface area contributed by atoms with Gasteiger partial charge in [-0.3, -0.25) is 4.79 Å². The van der Waals surface area contributed by atoms with E-state index >= 15 is 0 Å². The van der Waals surface area contributed by atoms with E-state index in [9.17, 15) is 4.79 Å². The van der Waals surface area contributed by atoms with Crippen molar-refractivity contribution < 1.29 is 9.53 Å². The third-order valence-electron chi connectivity index (χ3n) is 5.00. The van der Waals surface area contributed by atoms with Crippen LogP contribution in [-0.4, -0.2) is 13.0 Å². The number of anilines is 1. The minimum absolute atomic E-state index is 0.00127. The van der Waals surface area contributed by atoms with E-state index < -0.39 is 0 Å². The zero-order valence-electron chi connectivity index (χ0n) is 15.8. The van der Waals surface area contributed by atoms with Gasteiger partial charge in [0, 0.05) is 17.5 Å². The molecule has 1 aliphatic rings. The quantitative estimate of drug-likeness (QED) is 0.533. The molecule has 0 fully saturated rings. The highest BCUT2D eigenvalue weighted by atomic mass is 35.5. The molecule has 4 rings (SSSR count). The third kappa shape index (κ3) is 3.41. The Morgan fingerprint density at radius 2 is 1.79 bits per heavy atom. The molecule has 3 aromatic carbocycles. The van der Waals surface area contributed by atoms with Gasteiger partial charge in [-0.05, 0) is 52.6 Å². The summed E-state index contributed by atoms with van der Waals surface area (Å²) in [6.07, 6.45) is 4.10. The molecule has 28 heavy (non-hydrogen) atoms. The summed E-state index contributed by atoms with van der Waals surface area (Å²) < 4.78 is 5.51. The van der Waals surface area contributed by atoms with Crippen molar-refractivity contribution in [3.63, 3.8) is 0 Å². The van der Waals surface area contributed by atoms with E-state index in [0.29, 0.717) is 11.6 Å². The molecule has 0 aromatic heterocycles. The fourth-order valence-electron chi connectivity index (χ4n) is 3.57. The Bertz CT molecular complexity index is 1090. The molecule has 0 atom stereocenters. The molecule has 3 nitrogen and oxygen atoms in total. The highest BCUT2D eigenvalue weighted by molar-refractivity contribution is 6.30. The smallest absolute Gasteiger partial charge is 0.224 e. The average molecular weight is 390 g/mol. The van der Waals surface area contributed by atoms with E-state index in [-0.39, 0.29) is 5.91 Å². The largest absolute Gasteiger partial charge is 0.496 e. The van der Waals surface area contributed by atoms with Crippen LogP contribution in [0.1, 0.15) is 23.6 Å². The summed E-state index contributed by atoms with van der Waals surface area (Å²) >= 11 is 6.19. The molecule has 140 valence electrons. The lowest BCUT2D eigenvalue weighted by Crippen LogP contribution is -2.29. The SMILES string of the molecule is COc1ccccc1-c1ccc2c(c1)C=Cc1cc(Cl)ccc1N(C(C)=O)C2. The summed E-state index contributed by atoms with van der Waals surface area (Å²) in [6.45, 7) is 2.10. The van der Waals surface area contributed by atoms with Gasteiger partial charge in [-0.25, -0.2) is 0 Å². The van der Waals surface area contributed by atoms with Gasteiger partial charge in [0.15, 0.2) is 0 Å². The zero-order chi connectivity index (χ0) is 19.7. The molecule has 4 heteroatoms. The fourth-order valence-corrected chi connectivity index (χ4v) is 3.75. The standard InChI is InChI=1S/C24H20ClNO2/c1-16(27)26-15-20-10-8-18(22-5-3-4-6-24(22)28-2)13-17(20)7-9-19-14-21(25)11-12-23(19)26/h3-14H,15H2,1-2H3. The van der Waals surface area contributed by atoms with Gasteiger partial charge in [0.05, 0.1) is 19.3 Å². The second-order valence-corrected chi connectivity index (χ2v) is 7.19. The van der Waals surface area contributed by atoms with Crippen molar-refractivity contribution in [1.82, 2.24) is 0 Å². The van der Waals surface area contributed by atoms with E-state index in [4.69, 9.17) is 16.3 Å². The lowest BCUT2D eigenvalue weighted by atomic mass is 9.96. The van der Waals surface area contributed by atoms with Crippen molar-refractivity contribution in [3.05, 3.63) is 82.4 Å². The number of amides is 1. The highest BCUT2D eigenvalue weighted by Crippen LogP contribution is 2.35. The maximum atomic E-state index is 12.3. The number of methoxy groups -OCH3 is 1. The van der Waals surface area contributed by atoms with E-state index in [2.05, 4.69) is 24.3 Å². The summed E-state index contributed by atoms with van der Waals surface area (Å²) in [5, 5.41) is 0.649. The van der Waals surface area contributed by atoms with Gasteiger partial charge < -0.3 is 9.64 Å². The summed E-state index contributed by atoms with van der Waals surface area (Å²) in [7, 11) is 1.68. The van der Waals surface area contributed by atoms with Crippen molar-refractivity contribution in [2.45, 2.75) is 13.5 Å². The number of carbonyl (C=O) groups is 1. The second kappa shape index (κ2) is 7.53. The molecule has 3 aromatic rings. The molecule has 1 heterocycles. The van der Waals surface area contributed by atoms with Crippen LogP contribution < -0.4 is 9.64 Å². The van der Waals surface area contributed by atoms with Crippen molar-refractivity contribution in [1.29, 1.82) is 0 Å². The van der Waals surface area contributed by atoms with Crippen LogP contribution in [-0.2, 0) is 11.3 Å². The minimum Gasteiger partial charge on any atom is -0.496 e. The number of fused-ring (bicyclic) bond motifs is 2. The van der Waals surface area contributed by atoms with Gasteiger partial charge in [0.1, 0.15) is 5.75 Å². The Kier molecular flexibility index (Phi) is 4.93. The molecule has 0 unspecified atom stereocenters. The molecular formula is C24H20ClNO2. The molecule has 0 spiro atoms. The van der Waals surface area contributed by atoms with Crippen molar-refractivity contribution >= 4 is 35.3 Å². The first kappa shape index (κ1) is 18.3. The molecule has 0 bridgehead atoms.